The Morgan fingerprint density at radius 1 is 1.11 bits per heavy atom. The summed E-state index contributed by atoms with van der Waals surface area (Å²) < 4.78 is 6.98. The predicted octanol–water partition coefficient (Wildman–Crippen LogP) is 4.65. The van der Waals surface area contributed by atoms with Gasteiger partial charge in [0.1, 0.15) is 11.6 Å². The fourth-order valence-corrected chi connectivity index (χ4v) is 4.60. The van der Waals surface area contributed by atoms with Crippen LogP contribution < -0.4 is 15.8 Å². The summed E-state index contributed by atoms with van der Waals surface area (Å²) in [4.78, 5) is 27.4. The second kappa shape index (κ2) is 8.33. The van der Waals surface area contributed by atoms with E-state index in [2.05, 4.69) is 15.4 Å². The van der Waals surface area contributed by atoms with Crippen LogP contribution in [-0.2, 0) is 6.42 Å². The number of methoxy groups -OCH3 is 1. The van der Waals surface area contributed by atoms with Crippen molar-refractivity contribution in [3.05, 3.63) is 71.2 Å². The summed E-state index contributed by atoms with van der Waals surface area (Å²) >= 11 is 1.21. The zero-order chi connectivity index (χ0) is 23.9. The predicted molar refractivity (Wildman–Crippen MR) is 137 cm³/mol. The third kappa shape index (κ3) is 3.79. The van der Waals surface area contributed by atoms with Gasteiger partial charge in [-0.05, 0) is 48.0 Å². The number of carbonyl (C=O) groups is 1. The van der Waals surface area contributed by atoms with Gasteiger partial charge in [0.25, 0.3) is 5.91 Å². The lowest BCUT2D eigenvalue weighted by Gasteiger charge is -2.10. The van der Waals surface area contributed by atoms with Gasteiger partial charge >= 0.3 is 0 Å². The van der Waals surface area contributed by atoms with Gasteiger partial charge in [-0.2, -0.15) is 5.10 Å². The standard InChI is InChI=1S/C25H19N7O2S/c1-34-17-6-4-16(5-7-17)32-24-18(13-28-32)23(31-25(33)20-8-9-21(26)35-20)29-22(30-24)15-3-2-14-10-11-27-19(14)12-15/h2-9,11-13H,10,26H2,1H3,(H,29,30,31,33). The normalized spacial score (nSPS) is 12.1. The maximum atomic E-state index is 12.9. The molecule has 1 aliphatic rings. The van der Waals surface area contributed by atoms with Crippen LogP contribution in [0.5, 0.6) is 5.75 Å². The summed E-state index contributed by atoms with van der Waals surface area (Å²) in [6.45, 7) is 0. The van der Waals surface area contributed by atoms with Gasteiger partial charge in [-0.15, -0.1) is 11.3 Å². The van der Waals surface area contributed by atoms with E-state index in [1.807, 2.05) is 48.7 Å². The SMILES string of the molecule is COc1ccc(-n2ncc3c(NC(=O)c4ccc(N)s4)nc(-c4ccc5c(c4)N=CC5)nc32)cc1. The van der Waals surface area contributed by atoms with Crippen molar-refractivity contribution in [2.24, 2.45) is 4.99 Å². The van der Waals surface area contributed by atoms with Crippen molar-refractivity contribution in [1.29, 1.82) is 0 Å². The Balaban J connectivity index is 1.50. The summed E-state index contributed by atoms with van der Waals surface area (Å²) in [6, 6.07) is 16.8. The summed E-state index contributed by atoms with van der Waals surface area (Å²) in [5, 5.41) is 8.64. The van der Waals surface area contributed by atoms with Crippen LogP contribution in [0.25, 0.3) is 28.1 Å². The highest BCUT2D eigenvalue weighted by Gasteiger charge is 2.19. The van der Waals surface area contributed by atoms with Gasteiger partial charge in [-0.1, -0.05) is 12.1 Å². The topological polar surface area (TPSA) is 120 Å². The molecule has 10 heteroatoms. The maximum Gasteiger partial charge on any atom is 0.266 e. The van der Waals surface area contributed by atoms with Crippen molar-refractivity contribution in [2.45, 2.75) is 6.42 Å². The quantitative estimate of drug-likeness (QED) is 0.377. The molecule has 0 saturated carbocycles. The van der Waals surface area contributed by atoms with Gasteiger partial charge in [-0.25, -0.2) is 14.6 Å². The highest BCUT2D eigenvalue weighted by molar-refractivity contribution is 7.17. The molecule has 1 amide bonds. The van der Waals surface area contributed by atoms with Gasteiger partial charge < -0.3 is 15.8 Å². The number of nitrogen functional groups attached to an aromatic ring is 1. The molecule has 1 aliphatic heterocycles. The van der Waals surface area contributed by atoms with Crippen molar-refractivity contribution in [2.75, 3.05) is 18.2 Å². The minimum atomic E-state index is -0.298. The highest BCUT2D eigenvalue weighted by Crippen LogP contribution is 2.32. The Labute approximate surface area is 203 Å². The molecule has 0 radical (unpaired) electrons. The second-order valence-electron chi connectivity index (χ2n) is 7.90. The zero-order valence-electron chi connectivity index (χ0n) is 18.6. The van der Waals surface area contributed by atoms with Crippen LogP contribution in [-0.4, -0.2) is 39.0 Å². The monoisotopic (exact) mass is 481 g/mol. The van der Waals surface area contributed by atoms with E-state index in [-0.39, 0.29) is 5.91 Å². The minimum absolute atomic E-state index is 0.298. The molecule has 0 unspecified atom stereocenters. The van der Waals surface area contributed by atoms with Crippen LogP contribution in [0, 0.1) is 0 Å². The molecule has 0 saturated heterocycles. The number of carbonyl (C=O) groups excluding carboxylic acids is 1. The molecule has 3 aromatic heterocycles. The first-order chi connectivity index (χ1) is 17.1. The van der Waals surface area contributed by atoms with Crippen LogP contribution in [0.2, 0.25) is 0 Å². The summed E-state index contributed by atoms with van der Waals surface area (Å²) in [5.41, 5.74) is 10.0. The van der Waals surface area contributed by atoms with E-state index in [0.717, 1.165) is 34.7 Å². The molecule has 35 heavy (non-hydrogen) atoms. The Kier molecular flexibility index (Phi) is 5.00. The van der Waals surface area contributed by atoms with E-state index in [4.69, 9.17) is 20.4 Å². The number of nitrogens with zero attached hydrogens (tertiary/aromatic N) is 5. The fraction of sp³-hybridized carbons (Fsp3) is 0.0800. The number of benzene rings is 2. The van der Waals surface area contributed by atoms with E-state index in [0.29, 0.717) is 32.6 Å². The van der Waals surface area contributed by atoms with E-state index in [1.165, 1.54) is 11.3 Å². The Hall–Kier alpha value is -4.57. The molecule has 172 valence electrons. The summed E-state index contributed by atoms with van der Waals surface area (Å²) in [5.74, 6) is 1.26. The van der Waals surface area contributed by atoms with Crippen molar-refractivity contribution in [1.82, 2.24) is 19.7 Å². The number of anilines is 2. The molecule has 4 heterocycles. The number of thiophene rings is 1. The Morgan fingerprint density at radius 3 is 2.74 bits per heavy atom. The molecule has 0 bridgehead atoms. The molecule has 2 aromatic carbocycles. The number of amides is 1. The molecule has 6 rings (SSSR count). The fourth-order valence-electron chi connectivity index (χ4n) is 3.93. The number of nitrogens with one attached hydrogen (secondary N) is 1. The minimum Gasteiger partial charge on any atom is -0.497 e. The van der Waals surface area contributed by atoms with Crippen LogP contribution in [0.3, 0.4) is 0 Å². The van der Waals surface area contributed by atoms with Crippen molar-refractivity contribution in [3.63, 3.8) is 0 Å². The Bertz CT molecular complexity index is 1620. The first-order valence-electron chi connectivity index (χ1n) is 10.8. The largest absolute Gasteiger partial charge is 0.497 e. The number of ether oxygens (including phenoxy) is 1. The van der Waals surface area contributed by atoms with E-state index in [9.17, 15) is 4.79 Å². The average Bonchev–Trinajstić information content (AvgIpc) is 3.63. The first kappa shape index (κ1) is 21.0. The number of fused-ring (bicyclic) bond motifs is 2. The van der Waals surface area contributed by atoms with Gasteiger partial charge in [0.05, 0.1) is 39.9 Å². The molecule has 5 aromatic rings. The van der Waals surface area contributed by atoms with E-state index < -0.39 is 0 Å². The van der Waals surface area contributed by atoms with Crippen LogP contribution in [0.15, 0.2) is 65.8 Å². The molecule has 0 aliphatic carbocycles. The van der Waals surface area contributed by atoms with Gasteiger partial charge in [0.2, 0.25) is 0 Å². The van der Waals surface area contributed by atoms with Gasteiger partial charge in [0, 0.05) is 18.2 Å². The number of aliphatic imine (C=N–C) groups is 1. The zero-order valence-corrected chi connectivity index (χ0v) is 19.4. The summed E-state index contributed by atoms with van der Waals surface area (Å²) in [6.07, 6.45) is 4.34. The first-order valence-corrected chi connectivity index (χ1v) is 11.6. The molecule has 0 atom stereocenters. The number of nitrogens with two attached hydrogens (primary N) is 1. The van der Waals surface area contributed by atoms with Gasteiger partial charge in [-0.3, -0.25) is 9.79 Å². The van der Waals surface area contributed by atoms with Crippen LogP contribution in [0.4, 0.5) is 16.5 Å². The molecule has 0 spiro atoms. The lowest BCUT2D eigenvalue weighted by atomic mass is 10.1. The smallest absolute Gasteiger partial charge is 0.266 e. The number of rotatable bonds is 5. The molecule has 3 N–H and O–H groups in total. The molecular formula is C25H19N7O2S. The third-order valence-corrected chi connectivity index (χ3v) is 6.63. The highest BCUT2D eigenvalue weighted by atomic mass is 32.1. The number of hydrogen-bond acceptors (Lipinski definition) is 8. The average molecular weight is 482 g/mol. The molecule has 9 nitrogen and oxygen atoms in total. The lowest BCUT2D eigenvalue weighted by Crippen LogP contribution is -2.12. The van der Waals surface area contributed by atoms with E-state index in [1.54, 1.807) is 30.1 Å². The van der Waals surface area contributed by atoms with Crippen molar-refractivity contribution >= 4 is 51.0 Å². The maximum absolute atomic E-state index is 12.9. The van der Waals surface area contributed by atoms with Gasteiger partial charge in [0.15, 0.2) is 11.5 Å². The number of aromatic nitrogens is 4. The third-order valence-electron chi connectivity index (χ3n) is 5.71. The second-order valence-corrected chi connectivity index (χ2v) is 9.02. The lowest BCUT2D eigenvalue weighted by molar-refractivity contribution is 0.103. The van der Waals surface area contributed by atoms with Crippen LogP contribution in [0.1, 0.15) is 15.2 Å². The molecular weight excluding hydrogens is 462 g/mol. The van der Waals surface area contributed by atoms with E-state index >= 15 is 0 Å². The van der Waals surface area contributed by atoms with Crippen molar-refractivity contribution < 1.29 is 9.53 Å². The van der Waals surface area contributed by atoms with Crippen LogP contribution >= 0.6 is 11.3 Å². The summed E-state index contributed by atoms with van der Waals surface area (Å²) in [7, 11) is 1.62. The molecule has 0 fully saturated rings. The Morgan fingerprint density at radius 2 is 1.97 bits per heavy atom. The van der Waals surface area contributed by atoms with Crippen molar-refractivity contribution in [3.8, 4) is 22.8 Å². The number of hydrogen-bond donors (Lipinski definition) is 2.